The number of anilines is 1. The Kier molecular flexibility index (Phi) is 7.27. The van der Waals surface area contributed by atoms with Gasteiger partial charge in [-0.1, -0.05) is 37.0 Å². The van der Waals surface area contributed by atoms with Gasteiger partial charge >= 0.3 is 0 Å². The molecule has 0 aliphatic carbocycles. The fourth-order valence-electron chi connectivity index (χ4n) is 3.28. The molecule has 2 atom stereocenters. The second-order valence-corrected chi connectivity index (χ2v) is 7.47. The Morgan fingerprint density at radius 2 is 2.00 bits per heavy atom. The van der Waals surface area contributed by atoms with Gasteiger partial charge in [0.15, 0.2) is 6.10 Å². The highest BCUT2D eigenvalue weighted by Crippen LogP contribution is 2.32. The summed E-state index contributed by atoms with van der Waals surface area (Å²) in [4.78, 5) is 21.6. The first-order chi connectivity index (χ1) is 14.0. The van der Waals surface area contributed by atoms with E-state index in [0.29, 0.717) is 40.9 Å². The normalized spacial score (nSPS) is 18.7. The number of amides is 1. The predicted octanol–water partition coefficient (Wildman–Crippen LogP) is 3.84. The van der Waals surface area contributed by atoms with Crippen molar-refractivity contribution in [3.63, 3.8) is 0 Å². The lowest BCUT2D eigenvalue weighted by Gasteiger charge is -2.21. The van der Waals surface area contributed by atoms with Gasteiger partial charge in [0, 0.05) is 17.1 Å². The molecular formula is C20H23Cl2FN4O2. The fraction of sp³-hybridized carbons (Fsp3) is 0.450. The summed E-state index contributed by atoms with van der Waals surface area (Å²) < 4.78 is 17.9. The van der Waals surface area contributed by atoms with Crippen LogP contribution < -0.4 is 10.6 Å². The first-order valence-corrected chi connectivity index (χ1v) is 10.3. The number of hydrogen-bond donors (Lipinski definition) is 2. The van der Waals surface area contributed by atoms with Crippen LogP contribution in [0, 0.1) is 0 Å². The average molecular weight is 441 g/mol. The van der Waals surface area contributed by atoms with Crippen LogP contribution in [-0.2, 0) is 22.4 Å². The lowest BCUT2D eigenvalue weighted by Crippen LogP contribution is -2.37. The zero-order valence-corrected chi connectivity index (χ0v) is 17.8. The molecule has 1 amide bonds. The second kappa shape index (κ2) is 9.69. The van der Waals surface area contributed by atoms with Crippen LogP contribution in [0.2, 0.25) is 10.0 Å². The Bertz CT molecular complexity index is 897. The highest BCUT2D eigenvalue weighted by molar-refractivity contribution is 6.36. The molecule has 1 aliphatic rings. The molecule has 29 heavy (non-hydrogen) atoms. The number of ether oxygens (including phenoxy) is 1. The largest absolute Gasteiger partial charge is 0.363 e. The van der Waals surface area contributed by atoms with Crippen molar-refractivity contribution in [2.24, 2.45) is 0 Å². The minimum atomic E-state index is -0.771. The van der Waals surface area contributed by atoms with Gasteiger partial charge in [0.2, 0.25) is 0 Å². The van der Waals surface area contributed by atoms with E-state index in [1.54, 1.807) is 12.1 Å². The third-order valence-corrected chi connectivity index (χ3v) is 5.26. The highest BCUT2D eigenvalue weighted by atomic mass is 35.5. The van der Waals surface area contributed by atoms with Crippen LogP contribution in [0.4, 0.5) is 10.2 Å². The van der Waals surface area contributed by atoms with Crippen LogP contribution >= 0.6 is 23.2 Å². The fourth-order valence-corrected chi connectivity index (χ4v) is 3.78. The molecule has 1 aromatic carbocycles. The van der Waals surface area contributed by atoms with Crippen LogP contribution in [0.25, 0.3) is 11.3 Å². The van der Waals surface area contributed by atoms with Gasteiger partial charge in [0.25, 0.3) is 5.91 Å². The van der Waals surface area contributed by atoms with Crippen molar-refractivity contribution in [3.05, 3.63) is 39.6 Å². The number of rotatable bonds is 8. The van der Waals surface area contributed by atoms with Crippen molar-refractivity contribution in [1.29, 1.82) is 0 Å². The highest BCUT2D eigenvalue weighted by Gasteiger charge is 2.36. The number of carbonyl (C=O) groups excluding carboxylic acids is 1. The number of aryl methyl sites for hydroxylation is 2. The molecular weight excluding hydrogens is 418 g/mol. The topological polar surface area (TPSA) is 76.1 Å². The van der Waals surface area contributed by atoms with Crippen LogP contribution in [0.1, 0.15) is 25.2 Å². The number of benzene rings is 1. The molecule has 0 bridgehead atoms. The number of aromatic nitrogens is 2. The van der Waals surface area contributed by atoms with Crippen molar-refractivity contribution >= 4 is 34.9 Å². The summed E-state index contributed by atoms with van der Waals surface area (Å²) in [5.74, 6) is 0.329. The van der Waals surface area contributed by atoms with E-state index in [2.05, 4.69) is 10.6 Å². The third kappa shape index (κ3) is 4.79. The monoisotopic (exact) mass is 440 g/mol. The summed E-state index contributed by atoms with van der Waals surface area (Å²) in [7, 11) is 0. The summed E-state index contributed by atoms with van der Waals surface area (Å²) in [6.45, 7) is 3.56. The van der Waals surface area contributed by atoms with Gasteiger partial charge in [0.1, 0.15) is 12.5 Å². The molecule has 0 saturated carbocycles. The molecule has 0 spiro atoms. The standard InChI is InChI=1S/C20H23Cl2FN4O2/c1-3-14-17(12-6-5-11(21)9-13(12)22)25-15(4-2)19(26-14)27-16-10-24-20(28)18(16)29-8-7-23/h5-6,9,16,18H,3-4,7-8,10H2,1-2H3,(H,24,28)(H,26,27)/t16-,18-/m1/s1. The minimum absolute atomic E-state index is 0.128. The maximum atomic E-state index is 12.5. The SMILES string of the molecule is CCc1nc(-c2ccc(Cl)cc2Cl)c(CC)nc1N[C@@H]1CNC(=O)[C@@H]1OCCF. The molecule has 2 aromatic rings. The zero-order chi connectivity index (χ0) is 21.0. The third-order valence-electron chi connectivity index (χ3n) is 4.71. The van der Waals surface area contributed by atoms with Gasteiger partial charge < -0.3 is 15.4 Å². The van der Waals surface area contributed by atoms with Crippen LogP contribution in [-0.4, -0.2) is 47.8 Å². The number of nitrogens with zero attached hydrogens (tertiary/aromatic N) is 2. The van der Waals surface area contributed by atoms with E-state index < -0.39 is 12.8 Å². The summed E-state index contributed by atoms with van der Waals surface area (Å²) >= 11 is 12.4. The van der Waals surface area contributed by atoms with E-state index in [0.717, 1.165) is 17.0 Å². The van der Waals surface area contributed by atoms with Gasteiger partial charge in [0.05, 0.1) is 34.8 Å². The lowest BCUT2D eigenvalue weighted by molar-refractivity contribution is -0.129. The second-order valence-electron chi connectivity index (χ2n) is 6.62. The zero-order valence-electron chi connectivity index (χ0n) is 16.3. The van der Waals surface area contributed by atoms with Gasteiger partial charge in [-0.15, -0.1) is 0 Å². The quantitative estimate of drug-likeness (QED) is 0.651. The van der Waals surface area contributed by atoms with Gasteiger partial charge in [-0.25, -0.2) is 14.4 Å². The van der Waals surface area contributed by atoms with E-state index in [4.69, 9.17) is 37.9 Å². The molecule has 1 saturated heterocycles. The number of nitrogens with one attached hydrogen (secondary N) is 2. The molecule has 2 heterocycles. The Morgan fingerprint density at radius 3 is 2.66 bits per heavy atom. The summed E-state index contributed by atoms with van der Waals surface area (Å²) in [6, 6.07) is 4.92. The van der Waals surface area contributed by atoms with E-state index in [-0.39, 0.29) is 18.6 Å². The average Bonchev–Trinajstić information content (AvgIpc) is 3.05. The smallest absolute Gasteiger partial charge is 0.251 e. The van der Waals surface area contributed by atoms with E-state index in [1.165, 1.54) is 0 Å². The van der Waals surface area contributed by atoms with Crippen LogP contribution in [0.15, 0.2) is 18.2 Å². The maximum Gasteiger partial charge on any atom is 0.251 e. The van der Waals surface area contributed by atoms with Crippen molar-refractivity contribution in [3.8, 4) is 11.3 Å². The van der Waals surface area contributed by atoms with Gasteiger partial charge in [-0.2, -0.15) is 0 Å². The molecule has 6 nitrogen and oxygen atoms in total. The molecule has 1 fully saturated rings. The molecule has 1 aromatic heterocycles. The number of alkyl halides is 1. The molecule has 156 valence electrons. The van der Waals surface area contributed by atoms with E-state index in [1.807, 2.05) is 19.9 Å². The number of carbonyl (C=O) groups is 1. The first kappa shape index (κ1) is 21.7. The summed E-state index contributed by atoms with van der Waals surface area (Å²) in [5.41, 5.74) is 2.99. The first-order valence-electron chi connectivity index (χ1n) is 9.55. The number of hydrogen-bond acceptors (Lipinski definition) is 5. The minimum Gasteiger partial charge on any atom is -0.363 e. The molecule has 3 rings (SSSR count). The Balaban J connectivity index is 1.95. The Labute approximate surface area is 179 Å². The van der Waals surface area contributed by atoms with Crippen molar-refractivity contribution in [2.45, 2.75) is 38.8 Å². The van der Waals surface area contributed by atoms with Crippen molar-refractivity contribution in [1.82, 2.24) is 15.3 Å². The maximum absolute atomic E-state index is 12.5. The molecule has 2 N–H and O–H groups in total. The molecule has 0 unspecified atom stereocenters. The van der Waals surface area contributed by atoms with Crippen molar-refractivity contribution in [2.75, 3.05) is 25.1 Å². The predicted molar refractivity (Wildman–Crippen MR) is 112 cm³/mol. The lowest BCUT2D eigenvalue weighted by atomic mass is 10.1. The summed E-state index contributed by atoms with van der Waals surface area (Å²) in [6.07, 6.45) is 0.498. The molecule has 9 heteroatoms. The van der Waals surface area contributed by atoms with E-state index >= 15 is 0 Å². The Morgan fingerprint density at radius 1 is 1.24 bits per heavy atom. The van der Waals surface area contributed by atoms with Gasteiger partial charge in [-0.05, 0) is 31.0 Å². The number of halogens is 3. The van der Waals surface area contributed by atoms with E-state index in [9.17, 15) is 9.18 Å². The van der Waals surface area contributed by atoms with Gasteiger partial charge in [-0.3, -0.25) is 4.79 Å². The molecule has 1 aliphatic heterocycles. The Hall–Kier alpha value is -1.96. The summed E-state index contributed by atoms with van der Waals surface area (Å²) in [5, 5.41) is 7.07. The van der Waals surface area contributed by atoms with Crippen LogP contribution in [0.3, 0.4) is 0 Å². The van der Waals surface area contributed by atoms with Crippen LogP contribution in [0.5, 0.6) is 0 Å². The molecule has 0 radical (unpaired) electrons. The van der Waals surface area contributed by atoms with Crippen molar-refractivity contribution < 1.29 is 13.9 Å².